The van der Waals surface area contributed by atoms with Gasteiger partial charge in [0.15, 0.2) is 0 Å². The van der Waals surface area contributed by atoms with E-state index in [0.29, 0.717) is 24.5 Å². The van der Waals surface area contributed by atoms with Gasteiger partial charge < -0.3 is 10.1 Å². The van der Waals surface area contributed by atoms with E-state index >= 15 is 0 Å². The predicted octanol–water partition coefficient (Wildman–Crippen LogP) is 1.94. The highest BCUT2D eigenvalue weighted by Gasteiger charge is 2.03. The predicted molar refractivity (Wildman–Crippen MR) is 57.7 cm³/mol. The molecule has 3 N–H and O–H groups in total. The molecule has 0 radical (unpaired) electrons. The maximum Gasteiger partial charge on any atom is 0.133 e. The summed E-state index contributed by atoms with van der Waals surface area (Å²) < 4.78 is 4.86. The zero-order valence-electron chi connectivity index (χ0n) is 8.36. The van der Waals surface area contributed by atoms with Gasteiger partial charge in [0, 0.05) is 13.7 Å². The smallest absolute Gasteiger partial charge is 0.133 e. The van der Waals surface area contributed by atoms with Crippen molar-refractivity contribution in [3.63, 3.8) is 0 Å². The largest absolute Gasteiger partial charge is 0.383 e. The Balaban J connectivity index is 2.73. The molecule has 0 unspecified atom stereocenters. The summed E-state index contributed by atoms with van der Waals surface area (Å²) in [5, 5.41) is 14.5. The first kappa shape index (κ1) is 11.4. The van der Waals surface area contributed by atoms with Crippen LogP contribution in [0.15, 0.2) is 23.4 Å². The molecule has 0 aliphatic heterocycles. The second kappa shape index (κ2) is 5.94. The van der Waals surface area contributed by atoms with E-state index in [0.717, 1.165) is 0 Å². The maximum absolute atomic E-state index is 10.5. The summed E-state index contributed by atoms with van der Waals surface area (Å²) in [5.74, 6) is 0. The summed E-state index contributed by atoms with van der Waals surface area (Å²) in [5.41, 5.74) is 3.22. The molecular formula is C9H13N3O3. The van der Waals surface area contributed by atoms with Crippen LogP contribution in [0.1, 0.15) is 0 Å². The van der Waals surface area contributed by atoms with Gasteiger partial charge in [0.2, 0.25) is 0 Å². The topological polar surface area (TPSA) is 82.9 Å². The lowest BCUT2D eigenvalue weighted by Gasteiger charge is -2.08. The van der Waals surface area contributed by atoms with Crippen LogP contribution in [0.3, 0.4) is 0 Å². The Kier molecular flexibility index (Phi) is 4.52. The zero-order valence-corrected chi connectivity index (χ0v) is 8.36. The molecule has 1 aromatic rings. The van der Waals surface area contributed by atoms with Crippen LogP contribution in [0, 0.1) is 4.91 Å². The van der Waals surface area contributed by atoms with E-state index in [1.165, 1.54) is 6.07 Å². The Morgan fingerprint density at radius 2 is 2.33 bits per heavy atom. The van der Waals surface area contributed by atoms with E-state index in [-0.39, 0.29) is 5.69 Å². The van der Waals surface area contributed by atoms with Gasteiger partial charge in [-0.25, -0.2) is 0 Å². The summed E-state index contributed by atoms with van der Waals surface area (Å²) >= 11 is 0. The van der Waals surface area contributed by atoms with E-state index in [2.05, 4.69) is 10.5 Å². The molecule has 0 aliphatic carbocycles. The van der Waals surface area contributed by atoms with E-state index in [4.69, 9.17) is 9.94 Å². The van der Waals surface area contributed by atoms with Gasteiger partial charge in [0.05, 0.1) is 18.0 Å². The molecule has 0 heterocycles. The molecule has 0 saturated carbocycles. The van der Waals surface area contributed by atoms with Gasteiger partial charge in [-0.2, -0.15) is 0 Å². The average Bonchev–Trinajstić information content (AvgIpc) is 2.29. The third-order valence-corrected chi connectivity index (χ3v) is 1.85. The fourth-order valence-corrected chi connectivity index (χ4v) is 1.11. The molecule has 0 aromatic heterocycles. The summed E-state index contributed by atoms with van der Waals surface area (Å²) in [6, 6.07) is 4.73. The van der Waals surface area contributed by atoms with Crippen molar-refractivity contribution in [3.05, 3.63) is 23.1 Å². The Morgan fingerprint density at radius 1 is 1.53 bits per heavy atom. The Morgan fingerprint density at radius 3 is 2.93 bits per heavy atom. The second-order valence-electron chi connectivity index (χ2n) is 2.85. The van der Waals surface area contributed by atoms with Crippen molar-refractivity contribution in [1.29, 1.82) is 0 Å². The maximum atomic E-state index is 10.5. The van der Waals surface area contributed by atoms with E-state index in [1.54, 1.807) is 19.2 Å². The lowest BCUT2D eigenvalue weighted by Crippen LogP contribution is -2.07. The van der Waals surface area contributed by atoms with E-state index in [1.807, 2.05) is 5.48 Å². The molecule has 0 fully saturated rings. The third kappa shape index (κ3) is 3.19. The number of anilines is 2. The van der Waals surface area contributed by atoms with E-state index < -0.39 is 0 Å². The first-order valence-electron chi connectivity index (χ1n) is 4.42. The number of nitroso groups, excluding NO2 is 1. The zero-order chi connectivity index (χ0) is 11.1. The summed E-state index contributed by atoms with van der Waals surface area (Å²) in [4.78, 5) is 10.5. The molecule has 0 saturated heterocycles. The number of hydrogen-bond acceptors (Lipinski definition) is 6. The number of hydrogen-bond donors (Lipinski definition) is 3. The van der Waals surface area contributed by atoms with Crippen molar-refractivity contribution in [2.75, 3.05) is 31.1 Å². The average molecular weight is 211 g/mol. The number of rotatable bonds is 6. The van der Waals surface area contributed by atoms with Crippen LogP contribution in [-0.2, 0) is 4.74 Å². The minimum Gasteiger partial charge on any atom is -0.383 e. The van der Waals surface area contributed by atoms with Crippen molar-refractivity contribution in [1.82, 2.24) is 0 Å². The summed E-state index contributed by atoms with van der Waals surface area (Å²) in [7, 11) is 1.60. The van der Waals surface area contributed by atoms with Crippen LogP contribution in [0.5, 0.6) is 0 Å². The van der Waals surface area contributed by atoms with Gasteiger partial charge in [-0.1, -0.05) is 0 Å². The van der Waals surface area contributed by atoms with Gasteiger partial charge >= 0.3 is 0 Å². The number of methoxy groups -OCH3 is 1. The molecule has 0 atom stereocenters. The molecule has 0 spiro atoms. The van der Waals surface area contributed by atoms with Gasteiger partial charge in [-0.05, 0) is 23.4 Å². The monoisotopic (exact) mass is 211 g/mol. The van der Waals surface area contributed by atoms with Gasteiger partial charge in [-0.15, -0.1) is 4.91 Å². The highest BCUT2D eigenvalue weighted by Crippen LogP contribution is 2.27. The van der Waals surface area contributed by atoms with Crippen LogP contribution in [0.2, 0.25) is 0 Å². The van der Waals surface area contributed by atoms with Crippen LogP contribution < -0.4 is 10.8 Å². The lowest BCUT2D eigenvalue weighted by molar-refractivity contribution is 0.211. The molecule has 0 aliphatic rings. The van der Waals surface area contributed by atoms with Crippen LogP contribution in [0.4, 0.5) is 17.1 Å². The standard InChI is InChI=1S/C9H13N3O3/c1-15-5-4-10-8-3-2-7(11-13)6-9(8)12-14/h2-3,6,10-11,13H,4-5H2,1H3. The molecule has 0 amide bonds. The van der Waals surface area contributed by atoms with Crippen molar-refractivity contribution in [2.45, 2.75) is 0 Å². The number of nitrogens with zero attached hydrogens (tertiary/aromatic N) is 1. The molecule has 15 heavy (non-hydrogen) atoms. The third-order valence-electron chi connectivity index (χ3n) is 1.85. The van der Waals surface area contributed by atoms with Crippen LogP contribution in [-0.4, -0.2) is 25.5 Å². The Labute approximate surface area is 87.2 Å². The van der Waals surface area contributed by atoms with Crippen molar-refractivity contribution in [2.24, 2.45) is 5.18 Å². The molecule has 0 bridgehead atoms. The van der Waals surface area contributed by atoms with Crippen molar-refractivity contribution in [3.8, 4) is 0 Å². The normalized spacial score (nSPS) is 9.73. The van der Waals surface area contributed by atoms with Crippen LogP contribution >= 0.6 is 0 Å². The van der Waals surface area contributed by atoms with Gasteiger partial charge in [0.25, 0.3) is 0 Å². The van der Waals surface area contributed by atoms with Crippen molar-refractivity contribution >= 4 is 17.1 Å². The van der Waals surface area contributed by atoms with E-state index in [9.17, 15) is 4.91 Å². The molecule has 82 valence electrons. The molecule has 1 rings (SSSR count). The lowest BCUT2D eigenvalue weighted by atomic mass is 10.2. The molecule has 6 heteroatoms. The van der Waals surface area contributed by atoms with Crippen molar-refractivity contribution < 1.29 is 9.94 Å². The minimum absolute atomic E-state index is 0.241. The SMILES string of the molecule is COCCNc1ccc(NO)cc1N=O. The Hall–Kier alpha value is -1.66. The first-order valence-corrected chi connectivity index (χ1v) is 4.42. The number of ether oxygens (including phenoxy) is 1. The number of benzene rings is 1. The Bertz CT molecular complexity index is 330. The molecule has 1 aromatic carbocycles. The fraction of sp³-hybridized carbons (Fsp3) is 0.333. The minimum atomic E-state index is 0.241. The van der Waals surface area contributed by atoms with Gasteiger partial charge in [0.1, 0.15) is 5.69 Å². The summed E-state index contributed by atoms with van der Waals surface area (Å²) in [6.07, 6.45) is 0. The van der Waals surface area contributed by atoms with Crippen LogP contribution in [0.25, 0.3) is 0 Å². The fourth-order valence-electron chi connectivity index (χ4n) is 1.11. The van der Waals surface area contributed by atoms with Gasteiger partial charge in [-0.3, -0.25) is 10.7 Å². The second-order valence-corrected chi connectivity index (χ2v) is 2.85. The molecule has 6 nitrogen and oxygen atoms in total. The highest BCUT2D eigenvalue weighted by atomic mass is 16.5. The highest BCUT2D eigenvalue weighted by molar-refractivity contribution is 5.70. The molecular weight excluding hydrogens is 198 g/mol. The number of nitrogens with one attached hydrogen (secondary N) is 2. The quantitative estimate of drug-likeness (QED) is 0.380. The summed E-state index contributed by atoms with van der Waals surface area (Å²) in [6.45, 7) is 1.13. The first-order chi connectivity index (χ1) is 7.31.